The van der Waals surface area contributed by atoms with Crippen molar-refractivity contribution < 1.29 is 27.8 Å². The van der Waals surface area contributed by atoms with Gasteiger partial charge in [-0.1, -0.05) is 0 Å². The largest absolute Gasteiger partial charge is 0.494 e. The van der Waals surface area contributed by atoms with Crippen molar-refractivity contribution in [2.24, 2.45) is 0 Å². The molecule has 0 bridgehead atoms. The number of carboxylic acid groups (broad SMARTS) is 1. The van der Waals surface area contributed by atoms with Crippen molar-refractivity contribution in [3.05, 3.63) is 53.3 Å². The number of aromatic carboxylic acids is 1. The van der Waals surface area contributed by atoms with Gasteiger partial charge in [0.25, 0.3) is 0 Å². The van der Waals surface area contributed by atoms with E-state index in [0.717, 1.165) is 12.1 Å². The monoisotopic (exact) mass is 296 g/mol. The van der Waals surface area contributed by atoms with Gasteiger partial charge in [-0.2, -0.15) is 0 Å². The Hall–Kier alpha value is -2.50. The van der Waals surface area contributed by atoms with E-state index in [1.807, 2.05) is 0 Å². The summed E-state index contributed by atoms with van der Waals surface area (Å²) in [6.45, 7) is 2.08. The van der Waals surface area contributed by atoms with Crippen molar-refractivity contribution in [1.82, 2.24) is 0 Å². The van der Waals surface area contributed by atoms with Crippen LogP contribution in [0.5, 0.6) is 5.75 Å². The topological polar surface area (TPSA) is 46.5 Å². The van der Waals surface area contributed by atoms with E-state index in [2.05, 4.69) is 0 Å². The Labute approximate surface area is 118 Å². The van der Waals surface area contributed by atoms with Gasteiger partial charge in [-0.15, -0.1) is 0 Å². The number of carbonyl (C=O) groups is 1. The Bertz CT molecular complexity index is 676. The lowest BCUT2D eigenvalue weighted by molar-refractivity contribution is 0.0697. The van der Waals surface area contributed by atoms with Gasteiger partial charge in [0.05, 0.1) is 12.2 Å². The molecule has 0 saturated heterocycles. The van der Waals surface area contributed by atoms with Gasteiger partial charge in [-0.05, 0) is 42.8 Å². The third kappa shape index (κ3) is 2.99. The molecule has 0 amide bonds. The number of carboxylic acids is 1. The van der Waals surface area contributed by atoms with Crippen molar-refractivity contribution in [1.29, 1.82) is 0 Å². The summed E-state index contributed by atoms with van der Waals surface area (Å²) in [4.78, 5) is 11.2. The molecule has 0 aliphatic rings. The molecule has 21 heavy (non-hydrogen) atoms. The Balaban J connectivity index is 2.65. The number of rotatable bonds is 4. The molecule has 0 atom stereocenters. The maximum absolute atomic E-state index is 13.3. The van der Waals surface area contributed by atoms with Gasteiger partial charge in [0.2, 0.25) is 0 Å². The lowest BCUT2D eigenvalue weighted by Gasteiger charge is -2.10. The normalized spacial score (nSPS) is 10.5. The van der Waals surface area contributed by atoms with E-state index >= 15 is 0 Å². The second-order valence-corrected chi connectivity index (χ2v) is 4.20. The highest BCUT2D eigenvalue weighted by Gasteiger charge is 2.17. The molecular formula is C15H11F3O3. The zero-order valence-corrected chi connectivity index (χ0v) is 11.0. The standard InChI is InChI=1S/C15H11F3O3/c1-2-21-9-3-4-10(15(19)20)11(7-9)8-5-12(16)14(18)13(17)6-8/h3-7H,2H2,1H3,(H,19,20). The molecule has 2 rings (SSSR count). The number of hydrogen-bond donors (Lipinski definition) is 1. The summed E-state index contributed by atoms with van der Waals surface area (Å²) in [5, 5.41) is 9.14. The summed E-state index contributed by atoms with van der Waals surface area (Å²) in [6, 6.07) is 5.54. The van der Waals surface area contributed by atoms with Gasteiger partial charge in [0.1, 0.15) is 5.75 Å². The fraction of sp³-hybridized carbons (Fsp3) is 0.133. The van der Waals surface area contributed by atoms with E-state index in [1.54, 1.807) is 6.92 Å². The lowest BCUT2D eigenvalue weighted by Crippen LogP contribution is -2.02. The first kappa shape index (κ1) is 14.9. The summed E-state index contributed by atoms with van der Waals surface area (Å²) in [7, 11) is 0. The number of benzene rings is 2. The third-order valence-electron chi connectivity index (χ3n) is 2.83. The molecule has 0 spiro atoms. The number of hydrogen-bond acceptors (Lipinski definition) is 2. The molecule has 0 saturated carbocycles. The average Bonchev–Trinajstić information content (AvgIpc) is 2.44. The summed E-state index contributed by atoms with van der Waals surface area (Å²) >= 11 is 0. The van der Waals surface area contributed by atoms with Gasteiger partial charge in [0, 0.05) is 5.56 Å². The molecule has 0 aromatic heterocycles. The minimum Gasteiger partial charge on any atom is -0.494 e. The van der Waals surface area contributed by atoms with Crippen LogP contribution in [-0.4, -0.2) is 17.7 Å². The van der Waals surface area contributed by atoms with E-state index in [9.17, 15) is 18.0 Å². The van der Waals surface area contributed by atoms with Crippen molar-refractivity contribution in [3.63, 3.8) is 0 Å². The molecule has 0 radical (unpaired) electrons. The SMILES string of the molecule is CCOc1ccc(C(=O)O)c(-c2cc(F)c(F)c(F)c2)c1. The summed E-state index contributed by atoms with van der Waals surface area (Å²) in [6.07, 6.45) is 0. The molecular weight excluding hydrogens is 285 g/mol. The Morgan fingerprint density at radius 2 is 1.76 bits per heavy atom. The van der Waals surface area contributed by atoms with E-state index in [0.29, 0.717) is 12.4 Å². The van der Waals surface area contributed by atoms with Crippen LogP contribution in [0, 0.1) is 17.5 Å². The van der Waals surface area contributed by atoms with Gasteiger partial charge in [0.15, 0.2) is 17.5 Å². The Morgan fingerprint density at radius 1 is 1.14 bits per heavy atom. The molecule has 0 unspecified atom stereocenters. The molecule has 0 aliphatic heterocycles. The molecule has 0 fully saturated rings. The molecule has 110 valence electrons. The van der Waals surface area contributed by atoms with Gasteiger partial charge in [-0.3, -0.25) is 0 Å². The van der Waals surface area contributed by atoms with Crippen LogP contribution in [0.2, 0.25) is 0 Å². The van der Waals surface area contributed by atoms with E-state index < -0.39 is 23.4 Å². The number of halogens is 3. The molecule has 0 heterocycles. The second-order valence-electron chi connectivity index (χ2n) is 4.20. The van der Waals surface area contributed by atoms with Gasteiger partial charge >= 0.3 is 5.97 Å². The quantitative estimate of drug-likeness (QED) is 0.871. The maximum Gasteiger partial charge on any atom is 0.336 e. The van der Waals surface area contributed by atoms with Crippen LogP contribution in [-0.2, 0) is 0 Å². The van der Waals surface area contributed by atoms with Crippen molar-refractivity contribution in [2.75, 3.05) is 6.61 Å². The first-order valence-electron chi connectivity index (χ1n) is 6.09. The zero-order valence-electron chi connectivity index (χ0n) is 11.0. The number of ether oxygens (including phenoxy) is 1. The zero-order chi connectivity index (χ0) is 15.6. The Morgan fingerprint density at radius 3 is 2.29 bits per heavy atom. The summed E-state index contributed by atoms with van der Waals surface area (Å²) in [5.41, 5.74) is -0.194. The van der Waals surface area contributed by atoms with Crippen LogP contribution in [0.15, 0.2) is 30.3 Å². The van der Waals surface area contributed by atoms with Crippen LogP contribution in [0.4, 0.5) is 13.2 Å². The van der Waals surface area contributed by atoms with Crippen LogP contribution < -0.4 is 4.74 Å². The second kappa shape index (κ2) is 5.87. The fourth-order valence-corrected chi connectivity index (χ4v) is 1.92. The maximum atomic E-state index is 13.3. The van der Waals surface area contributed by atoms with Crippen LogP contribution >= 0.6 is 0 Å². The average molecular weight is 296 g/mol. The molecule has 6 heteroatoms. The van der Waals surface area contributed by atoms with E-state index in [4.69, 9.17) is 9.84 Å². The van der Waals surface area contributed by atoms with Crippen LogP contribution in [0.1, 0.15) is 17.3 Å². The first-order chi connectivity index (χ1) is 9.93. The fourth-order valence-electron chi connectivity index (χ4n) is 1.92. The third-order valence-corrected chi connectivity index (χ3v) is 2.83. The molecule has 2 aromatic carbocycles. The van der Waals surface area contributed by atoms with Crippen molar-refractivity contribution in [2.45, 2.75) is 6.92 Å². The molecule has 1 N–H and O–H groups in total. The minimum atomic E-state index is -1.60. The lowest BCUT2D eigenvalue weighted by atomic mass is 9.99. The van der Waals surface area contributed by atoms with E-state index in [1.165, 1.54) is 18.2 Å². The minimum absolute atomic E-state index is 0.0475. The predicted molar refractivity (Wildman–Crippen MR) is 69.9 cm³/mol. The van der Waals surface area contributed by atoms with Gasteiger partial charge in [-0.25, -0.2) is 18.0 Å². The molecule has 2 aromatic rings. The van der Waals surface area contributed by atoms with Crippen molar-refractivity contribution >= 4 is 5.97 Å². The molecule has 3 nitrogen and oxygen atoms in total. The van der Waals surface area contributed by atoms with E-state index in [-0.39, 0.29) is 16.7 Å². The predicted octanol–water partition coefficient (Wildman–Crippen LogP) is 3.87. The summed E-state index contributed by atoms with van der Waals surface area (Å²) in [5.74, 6) is -5.29. The first-order valence-corrected chi connectivity index (χ1v) is 6.09. The highest BCUT2D eigenvalue weighted by Crippen LogP contribution is 2.30. The highest BCUT2D eigenvalue weighted by molar-refractivity contribution is 5.96. The van der Waals surface area contributed by atoms with Gasteiger partial charge < -0.3 is 9.84 Å². The molecule has 0 aliphatic carbocycles. The van der Waals surface area contributed by atoms with Crippen LogP contribution in [0.3, 0.4) is 0 Å². The highest BCUT2D eigenvalue weighted by atomic mass is 19.2. The van der Waals surface area contributed by atoms with Crippen molar-refractivity contribution in [3.8, 4) is 16.9 Å². The Kier molecular flexibility index (Phi) is 4.16. The summed E-state index contributed by atoms with van der Waals surface area (Å²) < 4.78 is 44.9. The smallest absolute Gasteiger partial charge is 0.336 e. The van der Waals surface area contributed by atoms with Crippen LogP contribution in [0.25, 0.3) is 11.1 Å².